The first-order valence-corrected chi connectivity index (χ1v) is 5.32. The number of hydrogen-bond donors (Lipinski definition) is 5. The van der Waals surface area contributed by atoms with Crippen LogP contribution < -0.4 is 5.32 Å². The van der Waals surface area contributed by atoms with E-state index in [1.807, 2.05) is 0 Å². The predicted molar refractivity (Wildman–Crippen MR) is 55.3 cm³/mol. The SMILES string of the molecule is N=C1CCN(C2O[C@H](CO)C(O)[C@H]2O)C(=O)N1. The van der Waals surface area contributed by atoms with Crippen molar-refractivity contribution >= 4 is 11.9 Å². The van der Waals surface area contributed by atoms with Crippen molar-refractivity contribution in [2.45, 2.75) is 31.0 Å². The fourth-order valence-corrected chi connectivity index (χ4v) is 1.98. The maximum Gasteiger partial charge on any atom is 0.324 e. The van der Waals surface area contributed by atoms with Gasteiger partial charge in [0.2, 0.25) is 0 Å². The average Bonchev–Trinajstić information content (AvgIpc) is 2.57. The van der Waals surface area contributed by atoms with Crippen molar-refractivity contribution in [3.05, 3.63) is 0 Å². The van der Waals surface area contributed by atoms with Gasteiger partial charge >= 0.3 is 6.03 Å². The molecule has 0 radical (unpaired) electrons. The van der Waals surface area contributed by atoms with Gasteiger partial charge in [0.25, 0.3) is 0 Å². The second kappa shape index (κ2) is 4.57. The average molecular weight is 245 g/mol. The molecule has 2 saturated heterocycles. The van der Waals surface area contributed by atoms with Gasteiger partial charge in [-0.15, -0.1) is 0 Å². The number of amidine groups is 1. The molecule has 8 nitrogen and oxygen atoms in total. The van der Waals surface area contributed by atoms with Crippen molar-refractivity contribution in [1.29, 1.82) is 5.41 Å². The summed E-state index contributed by atoms with van der Waals surface area (Å²) in [6.45, 7) is -0.197. The summed E-state index contributed by atoms with van der Waals surface area (Å²) in [4.78, 5) is 12.8. The number of aliphatic hydroxyl groups excluding tert-OH is 3. The molecule has 2 aliphatic heterocycles. The summed E-state index contributed by atoms with van der Waals surface area (Å²) in [5.74, 6) is 0.109. The van der Waals surface area contributed by atoms with Crippen LogP contribution in [0.1, 0.15) is 6.42 Å². The summed E-state index contributed by atoms with van der Waals surface area (Å²) in [6, 6.07) is -0.545. The third-order valence-corrected chi connectivity index (χ3v) is 2.95. The molecule has 17 heavy (non-hydrogen) atoms. The van der Waals surface area contributed by atoms with E-state index in [0.29, 0.717) is 6.42 Å². The van der Waals surface area contributed by atoms with Crippen molar-refractivity contribution in [2.75, 3.05) is 13.2 Å². The van der Waals surface area contributed by atoms with E-state index in [1.54, 1.807) is 0 Å². The first kappa shape index (κ1) is 12.2. The lowest BCUT2D eigenvalue weighted by Gasteiger charge is -2.33. The summed E-state index contributed by atoms with van der Waals surface area (Å²) in [5.41, 5.74) is 0. The van der Waals surface area contributed by atoms with Crippen LogP contribution in [0.5, 0.6) is 0 Å². The molecule has 2 unspecified atom stereocenters. The Morgan fingerprint density at radius 1 is 1.47 bits per heavy atom. The Labute approximate surface area is 97.3 Å². The van der Waals surface area contributed by atoms with Crippen LogP contribution in [0.15, 0.2) is 0 Å². The molecule has 4 atom stereocenters. The van der Waals surface area contributed by atoms with Crippen LogP contribution in [0.3, 0.4) is 0 Å². The van der Waals surface area contributed by atoms with Gasteiger partial charge in [-0.25, -0.2) is 4.79 Å². The van der Waals surface area contributed by atoms with Gasteiger partial charge in [0.15, 0.2) is 6.23 Å². The zero-order valence-corrected chi connectivity index (χ0v) is 9.04. The topological polar surface area (TPSA) is 126 Å². The Morgan fingerprint density at radius 2 is 2.18 bits per heavy atom. The standard InChI is InChI=1S/C9H15N3O5/c10-5-1-2-12(9(16)11-5)8-7(15)6(14)4(3-13)17-8/h4,6-8,13-15H,1-3H2,(H2,10,11,16)/t4-,6?,7-,8?/m1/s1. The molecule has 0 saturated carbocycles. The number of carbonyl (C=O) groups excluding carboxylic acids is 1. The van der Waals surface area contributed by atoms with E-state index in [9.17, 15) is 15.0 Å². The van der Waals surface area contributed by atoms with E-state index in [4.69, 9.17) is 15.3 Å². The van der Waals surface area contributed by atoms with Crippen LogP contribution in [-0.2, 0) is 4.74 Å². The van der Waals surface area contributed by atoms with Gasteiger partial charge in [-0.05, 0) is 0 Å². The number of aliphatic hydroxyl groups is 3. The lowest BCUT2D eigenvalue weighted by atomic mass is 10.1. The fraction of sp³-hybridized carbons (Fsp3) is 0.778. The number of nitrogens with one attached hydrogen (secondary N) is 2. The number of urea groups is 1. The second-order valence-electron chi connectivity index (χ2n) is 4.08. The molecule has 0 bridgehead atoms. The minimum absolute atomic E-state index is 0.109. The Morgan fingerprint density at radius 3 is 2.71 bits per heavy atom. The van der Waals surface area contributed by atoms with Gasteiger partial charge in [0.05, 0.1) is 6.61 Å². The Kier molecular flexibility index (Phi) is 3.29. The van der Waals surface area contributed by atoms with Crippen molar-refractivity contribution in [3.63, 3.8) is 0 Å². The number of nitrogens with zero attached hydrogens (tertiary/aromatic N) is 1. The molecule has 2 rings (SSSR count). The van der Waals surface area contributed by atoms with Gasteiger partial charge in [0, 0.05) is 13.0 Å². The minimum atomic E-state index is -1.26. The Hall–Kier alpha value is -1.22. The maximum atomic E-state index is 11.6. The minimum Gasteiger partial charge on any atom is -0.394 e. The zero-order valence-electron chi connectivity index (χ0n) is 9.04. The van der Waals surface area contributed by atoms with Gasteiger partial charge in [-0.2, -0.15) is 0 Å². The van der Waals surface area contributed by atoms with Crippen molar-refractivity contribution in [1.82, 2.24) is 10.2 Å². The molecule has 5 N–H and O–H groups in total. The van der Waals surface area contributed by atoms with Crippen molar-refractivity contribution in [3.8, 4) is 0 Å². The lowest BCUT2D eigenvalue weighted by molar-refractivity contribution is -0.0792. The molecule has 2 aliphatic rings. The number of ether oxygens (including phenoxy) is 1. The fourth-order valence-electron chi connectivity index (χ4n) is 1.98. The lowest BCUT2D eigenvalue weighted by Crippen LogP contribution is -2.56. The molecular formula is C9H15N3O5. The van der Waals surface area contributed by atoms with Crippen molar-refractivity contribution < 1.29 is 24.9 Å². The molecule has 8 heteroatoms. The quantitative estimate of drug-likeness (QED) is 0.378. The third-order valence-electron chi connectivity index (χ3n) is 2.95. The number of hydrogen-bond acceptors (Lipinski definition) is 6. The van der Waals surface area contributed by atoms with E-state index in [2.05, 4.69) is 5.32 Å². The summed E-state index contributed by atoms with van der Waals surface area (Å²) in [5, 5.41) is 37.8. The first-order valence-electron chi connectivity index (χ1n) is 5.32. The molecule has 0 aromatic heterocycles. The Balaban J connectivity index is 2.08. The highest BCUT2D eigenvalue weighted by atomic mass is 16.6. The normalized spacial score (nSPS) is 38.4. The van der Waals surface area contributed by atoms with Crippen LogP contribution in [-0.4, -0.2) is 69.8 Å². The van der Waals surface area contributed by atoms with Crippen LogP contribution in [0.25, 0.3) is 0 Å². The molecule has 0 aliphatic carbocycles. The van der Waals surface area contributed by atoms with Gasteiger partial charge in [-0.1, -0.05) is 0 Å². The molecule has 2 amide bonds. The summed E-state index contributed by atoms with van der Waals surface area (Å²) >= 11 is 0. The highest BCUT2D eigenvalue weighted by molar-refractivity contribution is 5.98. The van der Waals surface area contributed by atoms with Crippen LogP contribution in [0.2, 0.25) is 0 Å². The van der Waals surface area contributed by atoms with Crippen molar-refractivity contribution in [2.24, 2.45) is 0 Å². The highest BCUT2D eigenvalue weighted by Crippen LogP contribution is 2.25. The van der Waals surface area contributed by atoms with E-state index >= 15 is 0 Å². The van der Waals surface area contributed by atoms with Crippen LogP contribution >= 0.6 is 0 Å². The molecule has 0 aromatic carbocycles. The smallest absolute Gasteiger partial charge is 0.324 e. The summed E-state index contributed by atoms with van der Waals surface area (Å²) < 4.78 is 5.22. The van der Waals surface area contributed by atoms with Gasteiger partial charge < -0.3 is 20.1 Å². The molecule has 0 aromatic rings. The summed E-state index contributed by atoms with van der Waals surface area (Å²) in [7, 11) is 0. The van der Waals surface area contributed by atoms with E-state index in [-0.39, 0.29) is 12.4 Å². The second-order valence-corrected chi connectivity index (χ2v) is 4.08. The molecule has 2 fully saturated rings. The molecule has 2 heterocycles. The summed E-state index contributed by atoms with van der Waals surface area (Å²) in [6.07, 6.45) is -4.04. The molecule has 96 valence electrons. The van der Waals surface area contributed by atoms with Gasteiger partial charge in [0.1, 0.15) is 24.1 Å². The van der Waals surface area contributed by atoms with E-state index in [1.165, 1.54) is 4.90 Å². The zero-order chi connectivity index (χ0) is 12.6. The predicted octanol–water partition coefficient (Wildman–Crippen LogP) is -2.18. The largest absolute Gasteiger partial charge is 0.394 e. The number of carbonyl (C=O) groups is 1. The van der Waals surface area contributed by atoms with E-state index < -0.39 is 37.2 Å². The van der Waals surface area contributed by atoms with Gasteiger partial charge in [-0.3, -0.25) is 15.6 Å². The molecular weight excluding hydrogens is 230 g/mol. The maximum absolute atomic E-state index is 11.6. The van der Waals surface area contributed by atoms with Crippen LogP contribution in [0.4, 0.5) is 4.79 Å². The van der Waals surface area contributed by atoms with Crippen LogP contribution in [0, 0.1) is 5.41 Å². The van der Waals surface area contributed by atoms with E-state index in [0.717, 1.165) is 0 Å². The number of rotatable bonds is 2. The third kappa shape index (κ3) is 2.12. The first-order chi connectivity index (χ1) is 8.04. The molecule has 0 spiro atoms. The Bertz CT molecular complexity index is 337. The monoisotopic (exact) mass is 245 g/mol. The highest BCUT2D eigenvalue weighted by Gasteiger charge is 2.47. The number of amides is 2.